The number of rotatable bonds is 4. The lowest BCUT2D eigenvalue weighted by molar-refractivity contribution is -0.126. The van der Waals surface area contributed by atoms with Crippen molar-refractivity contribution < 1.29 is 9.59 Å². The summed E-state index contributed by atoms with van der Waals surface area (Å²) in [5.74, 6) is -0.263. The molecule has 0 aliphatic carbocycles. The third kappa shape index (κ3) is 4.04. The molecule has 1 aliphatic rings. The first-order valence-electron chi connectivity index (χ1n) is 8.61. The molecule has 7 heteroatoms. The molecule has 2 aromatic heterocycles. The number of hydrogen-bond donors (Lipinski definition) is 2. The van der Waals surface area contributed by atoms with E-state index in [4.69, 9.17) is 0 Å². The number of aromatic amines is 1. The summed E-state index contributed by atoms with van der Waals surface area (Å²) in [5, 5.41) is 9.91. The fraction of sp³-hybridized carbons (Fsp3) is 0.444. The van der Waals surface area contributed by atoms with E-state index in [1.165, 1.54) is 0 Å². The van der Waals surface area contributed by atoms with Crippen molar-refractivity contribution in [1.29, 1.82) is 0 Å². The lowest BCUT2D eigenvalue weighted by Crippen LogP contribution is -2.46. The van der Waals surface area contributed by atoms with Crippen LogP contribution in [0.3, 0.4) is 0 Å². The Morgan fingerprint density at radius 1 is 1.32 bits per heavy atom. The highest BCUT2D eigenvalue weighted by molar-refractivity contribution is 5.93. The minimum atomic E-state index is -0.154. The van der Waals surface area contributed by atoms with E-state index in [1.54, 1.807) is 17.2 Å². The van der Waals surface area contributed by atoms with Crippen LogP contribution in [-0.2, 0) is 4.79 Å². The van der Waals surface area contributed by atoms with Gasteiger partial charge in [0, 0.05) is 25.3 Å². The minimum absolute atomic E-state index is 0.0197. The number of likely N-dealkylation sites (tertiary alicyclic amines) is 1. The van der Waals surface area contributed by atoms with Gasteiger partial charge in [-0.2, -0.15) is 5.10 Å². The van der Waals surface area contributed by atoms with Gasteiger partial charge < -0.3 is 10.2 Å². The molecule has 1 saturated heterocycles. The molecule has 0 spiro atoms. The van der Waals surface area contributed by atoms with Crippen molar-refractivity contribution in [3.8, 4) is 11.4 Å². The number of piperidine rings is 1. The number of carbonyl (C=O) groups is 2. The molecule has 0 aromatic carbocycles. The third-order valence-corrected chi connectivity index (χ3v) is 4.25. The summed E-state index contributed by atoms with van der Waals surface area (Å²) >= 11 is 0. The predicted octanol–water partition coefficient (Wildman–Crippen LogP) is 1.85. The van der Waals surface area contributed by atoms with E-state index >= 15 is 0 Å². The van der Waals surface area contributed by atoms with Crippen molar-refractivity contribution in [2.45, 2.75) is 32.7 Å². The van der Waals surface area contributed by atoms with Crippen molar-refractivity contribution in [2.75, 3.05) is 13.1 Å². The largest absolute Gasteiger partial charge is 0.354 e. The molecule has 0 saturated carbocycles. The van der Waals surface area contributed by atoms with E-state index < -0.39 is 0 Å². The zero-order chi connectivity index (χ0) is 17.8. The SMILES string of the molecule is CC(C)NC(=O)C1CCCN(C(=O)c2cc(-c3ccccn3)n[nH]2)C1. The maximum absolute atomic E-state index is 12.7. The number of H-pyrrole nitrogens is 1. The van der Waals surface area contributed by atoms with E-state index in [1.807, 2.05) is 32.0 Å². The minimum Gasteiger partial charge on any atom is -0.354 e. The molecule has 2 N–H and O–H groups in total. The molecule has 0 bridgehead atoms. The van der Waals surface area contributed by atoms with Gasteiger partial charge in [0.1, 0.15) is 11.4 Å². The molecule has 25 heavy (non-hydrogen) atoms. The lowest BCUT2D eigenvalue weighted by atomic mass is 9.96. The van der Waals surface area contributed by atoms with Gasteiger partial charge in [0.25, 0.3) is 5.91 Å². The summed E-state index contributed by atoms with van der Waals surface area (Å²) in [6.45, 7) is 4.97. The monoisotopic (exact) mass is 341 g/mol. The van der Waals surface area contributed by atoms with Crippen LogP contribution in [0.25, 0.3) is 11.4 Å². The van der Waals surface area contributed by atoms with Crippen molar-refractivity contribution in [2.24, 2.45) is 5.92 Å². The number of pyridine rings is 1. The Bertz CT molecular complexity index is 741. The first kappa shape index (κ1) is 17.1. The Morgan fingerprint density at radius 3 is 2.88 bits per heavy atom. The zero-order valence-electron chi connectivity index (χ0n) is 14.5. The van der Waals surface area contributed by atoms with E-state index in [0.29, 0.717) is 30.2 Å². The number of nitrogens with one attached hydrogen (secondary N) is 2. The van der Waals surface area contributed by atoms with Crippen LogP contribution in [0.1, 0.15) is 37.2 Å². The number of nitrogens with zero attached hydrogens (tertiary/aromatic N) is 3. The number of hydrogen-bond acceptors (Lipinski definition) is 4. The van der Waals surface area contributed by atoms with Crippen LogP contribution in [-0.4, -0.2) is 51.0 Å². The van der Waals surface area contributed by atoms with Crippen molar-refractivity contribution >= 4 is 11.8 Å². The Labute approximate surface area is 146 Å². The van der Waals surface area contributed by atoms with Gasteiger partial charge in [0.2, 0.25) is 5.91 Å². The summed E-state index contributed by atoms with van der Waals surface area (Å²) in [6, 6.07) is 7.37. The standard InChI is InChI=1S/C18H23N5O2/c1-12(2)20-17(24)13-6-5-9-23(11-13)18(25)16-10-15(21-22-16)14-7-3-4-8-19-14/h3-4,7-8,10,12-13H,5-6,9,11H2,1-2H3,(H,20,24)(H,21,22). The average Bonchev–Trinajstić information content (AvgIpc) is 3.11. The highest BCUT2D eigenvalue weighted by Crippen LogP contribution is 2.20. The van der Waals surface area contributed by atoms with Crippen LogP contribution in [0.15, 0.2) is 30.5 Å². The van der Waals surface area contributed by atoms with Crippen molar-refractivity contribution in [1.82, 2.24) is 25.4 Å². The van der Waals surface area contributed by atoms with Gasteiger partial charge in [0.15, 0.2) is 0 Å². The second-order valence-electron chi connectivity index (χ2n) is 6.64. The molecule has 2 aromatic rings. The fourth-order valence-electron chi connectivity index (χ4n) is 3.03. The Morgan fingerprint density at radius 2 is 2.16 bits per heavy atom. The van der Waals surface area contributed by atoms with Gasteiger partial charge in [-0.3, -0.25) is 19.7 Å². The second-order valence-corrected chi connectivity index (χ2v) is 6.64. The highest BCUT2D eigenvalue weighted by Gasteiger charge is 2.29. The van der Waals surface area contributed by atoms with Gasteiger partial charge in [-0.05, 0) is 44.9 Å². The molecule has 3 heterocycles. The molecule has 1 aliphatic heterocycles. The van der Waals surface area contributed by atoms with Crippen LogP contribution >= 0.6 is 0 Å². The van der Waals surface area contributed by atoms with Gasteiger partial charge in [0.05, 0.1) is 11.6 Å². The van der Waals surface area contributed by atoms with E-state index in [0.717, 1.165) is 12.8 Å². The molecule has 132 valence electrons. The number of aromatic nitrogens is 3. The van der Waals surface area contributed by atoms with E-state index in [9.17, 15) is 9.59 Å². The molecule has 3 rings (SSSR count). The molecular formula is C18H23N5O2. The normalized spacial score (nSPS) is 17.6. The summed E-state index contributed by atoms with van der Waals surface area (Å²) in [4.78, 5) is 30.9. The van der Waals surface area contributed by atoms with Crippen molar-refractivity contribution in [3.63, 3.8) is 0 Å². The average molecular weight is 341 g/mol. The Hall–Kier alpha value is -2.70. The number of carbonyl (C=O) groups excluding carboxylic acids is 2. The van der Waals surface area contributed by atoms with Crippen molar-refractivity contribution in [3.05, 3.63) is 36.2 Å². The van der Waals surface area contributed by atoms with E-state index in [2.05, 4.69) is 20.5 Å². The van der Waals surface area contributed by atoms with Crippen LogP contribution in [0.4, 0.5) is 0 Å². The molecule has 1 unspecified atom stereocenters. The van der Waals surface area contributed by atoms with Gasteiger partial charge in [-0.25, -0.2) is 0 Å². The summed E-state index contributed by atoms with van der Waals surface area (Å²) in [5.41, 5.74) is 1.77. The second kappa shape index (κ2) is 7.46. The van der Waals surface area contributed by atoms with E-state index in [-0.39, 0.29) is 23.8 Å². The van der Waals surface area contributed by atoms with Gasteiger partial charge >= 0.3 is 0 Å². The molecule has 2 amide bonds. The molecule has 1 fully saturated rings. The summed E-state index contributed by atoms with van der Waals surface area (Å²) in [7, 11) is 0. The Balaban J connectivity index is 1.68. The first-order valence-corrected chi connectivity index (χ1v) is 8.61. The molecule has 0 radical (unpaired) electrons. The summed E-state index contributed by atoms with van der Waals surface area (Å²) < 4.78 is 0. The number of amides is 2. The quantitative estimate of drug-likeness (QED) is 0.888. The van der Waals surface area contributed by atoms with Crippen LogP contribution in [0.2, 0.25) is 0 Å². The molecular weight excluding hydrogens is 318 g/mol. The fourth-order valence-corrected chi connectivity index (χ4v) is 3.03. The highest BCUT2D eigenvalue weighted by atomic mass is 16.2. The third-order valence-electron chi connectivity index (χ3n) is 4.25. The molecule has 1 atom stereocenters. The van der Waals surface area contributed by atoms with Gasteiger partial charge in [-0.1, -0.05) is 6.07 Å². The van der Waals surface area contributed by atoms with Crippen LogP contribution in [0, 0.1) is 5.92 Å². The maximum Gasteiger partial charge on any atom is 0.271 e. The predicted molar refractivity (Wildman–Crippen MR) is 93.7 cm³/mol. The first-order chi connectivity index (χ1) is 12.0. The van der Waals surface area contributed by atoms with Gasteiger partial charge in [-0.15, -0.1) is 0 Å². The van der Waals surface area contributed by atoms with Crippen LogP contribution < -0.4 is 5.32 Å². The smallest absolute Gasteiger partial charge is 0.271 e. The Kier molecular flexibility index (Phi) is 5.11. The van der Waals surface area contributed by atoms with Crippen LogP contribution in [0.5, 0.6) is 0 Å². The summed E-state index contributed by atoms with van der Waals surface area (Å²) in [6.07, 6.45) is 3.32. The topological polar surface area (TPSA) is 91.0 Å². The zero-order valence-corrected chi connectivity index (χ0v) is 14.5. The lowest BCUT2D eigenvalue weighted by Gasteiger charge is -2.32. The maximum atomic E-state index is 12.7. The molecule has 7 nitrogen and oxygen atoms in total.